The Labute approximate surface area is 137 Å². The van der Waals surface area contributed by atoms with Crippen molar-refractivity contribution < 1.29 is 9.59 Å². The Morgan fingerprint density at radius 2 is 1.78 bits per heavy atom. The topological polar surface area (TPSA) is 85.8 Å². The molecular formula is C16H25N5O2. The van der Waals surface area contributed by atoms with Crippen molar-refractivity contribution in [3.8, 4) is 0 Å². The summed E-state index contributed by atoms with van der Waals surface area (Å²) in [4.78, 5) is 29.0. The lowest BCUT2D eigenvalue weighted by molar-refractivity contribution is -0.127. The van der Waals surface area contributed by atoms with Crippen LogP contribution in [-0.2, 0) is 16.1 Å². The third kappa shape index (κ3) is 7.85. The normalized spacial score (nSPS) is 10.8. The van der Waals surface area contributed by atoms with Crippen molar-refractivity contribution in [3.63, 3.8) is 0 Å². The van der Waals surface area contributed by atoms with Crippen LogP contribution in [0.4, 0.5) is 0 Å². The molecule has 2 amide bonds. The Bertz CT molecular complexity index is 529. The van der Waals surface area contributed by atoms with Crippen LogP contribution in [0.5, 0.6) is 0 Å². The van der Waals surface area contributed by atoms with E-state index in [1.54, 1.807) is 14.1 Å². The fraction of sp³-hybridized carbons (Fsp3) is 0.438. The van der Waals surface area contributed by atoms with Gasteiger partial charge in [0, 0.05) is 27.2 Å². The number of nitrogens with one attached hydrogen (secondary N) is 3. The van der Waals surface area contributed by atoms with Gasteiger partial charge >= 0.3 is 0 Å². The summed E-state index contributed by atoms with van der Waals surface area (Å²) < 4.78 is 0. The summed E-state index contributed by atoms with van der Waals surface area (Å²) in [6.45, 7) is 3.16. The first-order valence-electron chi connectivity index (χ1n) is 7.56. The van der Waals surface area contributed by atoms with Crippen LogP contribution in [0.15, 0.2) is 35.3 Å². The molecule has 0 aliphatic heterocycles. The molecular weight excluding hydrogens is 294 g/mol. The Kier molecular flexibility index (Phi) is 8.20. The summed E-state index contributed by atoms with van der Waals surface area (Å²) in [6, 6.07) is 9.67. The summed E-state index contributed by atoms with van der Waals surface area (Å²) in [7, 11) is 3.37. The Morgan fingerprint density at radius 1 is 1.09 bits per heavy atom. The summed E-state index contributed by atoms with van der Waals surface area (Å²) in [5, 5.41) is 8.70. The molecule has 0 aliphatic carbocycles. The molecule has 0 atom stereocenters. The predicted octanol–water partition coefficient (Wildman–Crippen LogP) is -0.0539. The Morgan fingerprint density at radius 3 is 2.39 bits per heavy atom. The third-order valence-corrected chi connectivity index (χ3v) is 2.96. The van der Waals surface area contributed by atoms with E-state index in [2.05, 4.69) is 20.9 Å². The van der Waals surface area contributed by atoms with E-state index in [1.165, 1.54) is 4.90 Å². The fourth-order valence-electron chi connectivity index (χ4n) is 1.66. The number of carbonyl (C=O) groups excluding carboxylic acids is 2. The zero-order valence-corrected chi connectivity index (χ0v) is 13.9. The van der Waals surface area contributed by atoms with Gasteiger partial charge in [0.25, 0.3) is 0 Å². The number of amides is 2. The number of guanidine groups is 1. The highest BCUT2D eigenvalue weighted by atomic mass is 16.2. The summed E-state index contributed by atoms with van der Waals surface area (Å²) >= 11 is 0. The van der Waals surface area contributed by atoms with Crippen molar-refractivity contribution in [2.75, 3.05) is 33.7 Å². The molecule has 0 aliphatic rings. The molecule has 1 aromatic carbocycles. The smallest absolute Gasteiger partial charge is 0.242 e. The number of benzene rings is 1. The van der Waals surface area contributed by atoms with E-state index in [0.29, 0.717) is 19.0 Å². The molecule has 0 radical (unpaired) electrons. The molecule has 7 heteroatoms. The van der Waals surface area contributed by atoms with E-state index in [1.807, 2.05) is 37.3 Å². The molecule has 23 heavy (non-hydrogen) atoms. The first-order chi connectivity index (χ1) is 11.0. The molecule has 0 unspecified atom stereocenters. The number of rotatable bonds is 7. The second kappa shape index (κ2) is 10.2. The lowest BCUT2D eigenvalue weighted by atomic mass is 10.2. The van der Waals surface area contributed by atoms with Crippen molar-refractivity contribution in [1.29, 1.82) is 0 Å². The summed E-state index contributed by atoms with van der Waals surface area (Å²) in [5.41, 5.74) is 1.03. The van der Waals surface area contributed by atoms with Gasteiger partial charge in [-0.05, 0) is 12.5 Å². The molecule has 1 aromatic rings. The number of carbonyl (C=O) groups is 2. The predicted molar refractivity (Wildman–Crippen MR) is 91.0 cm³/mol. The van der Waals surface area contributed by atoms with Gasteiger partial charge in [0.1, 0.15) is 6.54 Å². The number of aliphatic imine (C=N–C) groups is 1. The highest BCUT2D eigenvalue weighted by Gasteiger charge is 2.06. The van der Waals surface area contributed by atoms with E-state index in [-0.39, 0.29) is 24.9 Å². The average Bonchev–Trinajstić information content (AvgIpc) is 2.56. The largest absolute Gasteiger partial charge is 0.357 e. The van der Waals surface area contributed by atoms with Crippen LogP contribution in [0.25, 0.3) is 0 Å². The minimum absolute atomic E-state index is 0.00167. The highest BCUT2D eigenvalue weighted by molar-refractivity contribution is 5.88. The molecule has 7 nitrogen and oxygen atoms in total. The van der Waals surface area contributed by atoms with Gasteiger partial charge in [-0.1, -0.05) is 30.3 Å². The van der Waals surface area contributed by atoms with E-state index in [9.17, 15) is 9.59 Å². The minimum atomic E-state index is -0.176. The standard InChI is InChI=1S/C16H25N5O2/c1-4-17-16(20-12-15(23)21(2)3)19-11-14(22)18-10-13-8-6-5-7-9-13/h5-9H,4,10-12H2,1-3H3,(H,18,22)(H2,17,19,20). The zero-order valence-electron chi connectivity index (χ0n) is 13.9. The molecule has 126 valence electrons. The van der Waals surface area contributed by atoms with Gasteiger partial charge in [-0.3, -0.25) is 9.59 Å². The third-order valence-electron chi connectivity index (χ3n) is 2.96. The van der Waals surface area contributed by atoms with E-state index < -0.39 is 0 Å². The number of nitrogens with zero attached hydrogens (tertiary/aromatic N) is 2. The fourth-order valence-corrected chi connectivity index (χ4v) is 1.66. The van der Waals surface area contributed by atoms with Gasteiger partial charge in [-0.25, -0.2) is 4.99 Å². The molecule has 0 fully saturated rings. The molecule has 0 saturated heterocycles. The monoisotopic (exact) mass is 319 g/mol. The maximum absolute atomic E-state index is 11.8. The van der Waals surface area contributed by atoms with E-state index in [0.717, 1.165) is 5.56 Å². The average molecular weight is 319 g/mol. The van der Waals surface area contributed by atoms with Crippen molar-refractivity contribution in [3.05, 3.63) is 35.9 Å². The second-order valence-corrected chi connectivity index (χ2v) is 5.10. The van der Waals surface area contributed by atoms with Gasteiger partial charge in [-0.15, -0.1) is 0 Å². The van der Waals surface area contributed by atoms with Crippen LogP contribution in [0.3, 0.4) is 0 Å². The quantitative estimate of drug-likeness (QED) is 0.486. The van der Waals surface area contributed by atoms with Crippen LogP contribution in [0, 0.1) is 0 Å². The summed E-state index contributed by atoms with van der Waals surface area (Å²) in [6.07, 6.45) is 0. The van der Waals surface area contributed by atoms with E-state index >= 15 is 0 Å². The van der Waals surface area contributed by atoms with Crippen molar-refractivity contribution >= 4 is 17.8 Å². The highest BCUT2D eigenvalue weighted by Crippen LogP contribution is 1.96. The number of hydrogen-bond acceptors (Lipinski definition) is 3. The van der Waals surface area contributed by atoms with Crippen LogP contribution in [0.1, 0.15) is 12.5 Å². The molecule has 0 aromatic heterocycles. The van der Waals surface area contributed by atoms with Crippen LogP contribution in [-0.4, -0.2) is 56.4 Å². The first kappa shape index (κ1) is 18.5. The van der Waals surface area contributed by atoms with Gasteiger partial charge in [0.15, 0.2) is 5.96 Å². The lowest BCUT2D eigenvalue weighted by Crippen LogP contribution is -2.43. The Balaban J connectivity index is 2.42. The number of likely N-dealkylation sites (N-methyl/N-ethyl adjacent to an activating group) is 1. The number of hydrogen-bond donors (Lipinski definition) is 3. The molecule has 0 bridgehead atoms. The van der Waals surface area contributed by atoms with Crippen molar-refractivity contribution in [2.24, 2.45) is 4.99 Å². The van der Waals surface area contributed by atoms with Crippen molar-refractivity contribution in [1.82, 2.24) is 20.9 Å². The Hall–Kier alpha value is -2.57. The first-order valence-corrected chi connectivity index (χ1v) is 7.56. The molecule has 3 N–H and O–H groups in total. The van der Waals surface area contributed by atoms with Gasteiger partial charge < -0.3 is 20.9 Å². The van der Waals surface area contributed by atoms with Crippen LogP contribution in [0.2, 0.25) is 0 Å². The molecule has 1 rings (SSSR count). The molecule has 0 heterocycles. The van der Waals surface area contributed by atoms with E-state index in [4.69, 9.17) is 0 Å². The zero-order chi connectivity index (χ0) is 17.1. The van der Waals surface area contributed by atoms with Crippen molar-refractivity contribution in [2.45, 2.75) is 13.5 Å². The SMILES string of the molecule is CCNC(=NCC(=O)NCc1ccccc1)NCC(=O)N(C)C. The van der Waals surface area contributed by atoms with Crippen LogP contribution < -0.4 is 16.0 Å². The van der Waals surface area contributed by atoms with Crippen LogP contribution >= 0.6 is 0 Å². The second-order valence-electron chi connectivity index (χ2n) is 5.10. The van der Waals surface area contributed by atoms with Gasteiger partial charge in [0.2, 0.25) is 11.8 Å². The maximum atomic E-state index is 11.8. The van der Waals surface area contributed by atoms with Gasteiger partial charge in [0.05, 0.1) is 6.54 Å². The summed E-state index contributed by atoms with van der Waals surface area (Å²) in [5.74, 6) is 0.201. The minimum Gasteiger partial charge on any atom is -0.357 e. The molecule has 0 saturated carbocycles. The molecule has 0 spiro atoms. The lowest BCUT2D eigenvalue weighted by Gasteiger charge is -2.14. The maximum Gasteiger partial charge on any atom is 0.242 e. The van der Waals surface area contributed by atoms with Gasteiger partial charge in [-0.2, -0.15) is 0 Å².